The van der Waals surface area contributed by atoms with Crippen LogP contribution in [0.4, 0.5) is 8.78 Å². The van der Waals surface area contributed by atoms with Gasteiger partial charge in [0.15, 0.2) is 11.5 Å². The van der Waals surface area contributed by atoms with Crippen LogP contribution in [0.3, 0.4) is 0 Å². The van der Waals surface area contributed by atoms with Crippen molar-refractivity contribution in [3.8, 4) is 17.2 Å². The van der Waals surface area contributed by atoms with E-state index in [0.29, 0.717) is 44.2 Å². The molecule has 0 unspecified atom stereocenters. The highest BCUT2D eigenvalue weighted by molar-refractivity contribution is 5.83. The normalized spacial score (nSPS) is 17.7. The lowest BCUT2D eigenvalue weighted by Gasteiger charge is -2.37. The molecule has 0 spiro atoms. The molecule has 0 bridgehead atoms. The van der Waals surface area contributed by atoms with Crippen molar-refractivity contribution in [3.05, 3.63) is 54.1 Å². The van der Waals surface area contributed by atoms with Crippen molar-refractivity contribution in [1.82, 2.24) is 14.7 Å². The summed E-state index contributed by atoms with van der Waals surface area (Å²) in [5.41, 5.74) is 0.878. The summed E-state index contributed by atoms with van der Waals surface area (Å²) in [7, 11) is 1.82. The second-order valence-electron chi connectivity index (χ2n) is 8.27. The van der Waals surface area contributed by atoms with E-state index in [1.165, 1.54) is 12.1 Å². The summed E-state index contributed by atoms with van der Waals surface area (Å²) in [4.78, 5) is 30.9. The van der Waals surface area contributed by atoms with Crippen LogP contribution in [-0.2, 0) is 16.1 Å². The van der Waals surface area contributed by atoms with Crippen molar-refractivity contribution in [2.75, 3.05) is 46.4 Å². The van der Waals surface area contributed by atoms with Gasteiger partial charge in [-0.3, -0.25) is 14.5 Å². The molecule has 10 heteroatoms. The minimum atomic E-state index is -2.86. The molecule has 2 aliphatic heterocycles. The van der Waals surface area contributed by atoms with Gasteiger partial charge >= 0.3 is 6.61 Å². The molecule has 4 rings (SSSR count). The first-order chi connectivity index (χ1) is 16.4. The molecule has 0 aliphatic carbocycles. The molecule has 2 heterocycles. The van der Waals surface area contributed by atoms with Gasteiger partial charge in [-0.05, 0) is 36.9 Å². The molecule has 2 aromatic rings. The second kappa shape index (κ2) is 10.7. The maximum absolute atomic E-state index is 12.9. The van der Waals surface area contributed by atoms with Crippen LogP contribution >= 0.6 is 0 Å². The SMILES string of the molecule is CN(CC(=O)N1CCN(C(=O)[C@H]2COc3ccccc3O2)CC1)Cc1ccc(OC(F)F)cc1. The van der Waals surface area contributed by atoms with Gasteiger partial charge < -0.3 is 24.0 Å². The molecule has 0 saturated carbocycles. The standard InChI is InChI=1S/C24H27F2N3O5/c1-27(14-17-6-8-18(9-7-17)33-24(25)26)15-22(30)28-10-12-29(13-11-28)23(31)21-16-32-19-4-2-3-5-20(19)34-21/h2-9,21,24H,10-16H2,1H3/t21-/m1/s1. The molecule has 34 heavy (non-hydrogen) atoms. The third kappa shape index (κ3) is 5.93. The highest BCUT2D eigenvalue weighted by atomic mass is 19.3. The lowest BCUT2D eigenvalue weighted by atomic mass is 10.2. The molecule has 2 amide bonds. The highest BCUT2D eigenvalue weighted by Gasteiger charge is 2.33. The van der Waals surface area contributed by atoms with Gasteiger partial charge in [-0.1, -0.05) is 24.3 Å². The van der Waals surface area contributed by atoms with E-state index in [2.05, 4.69) is 4.74 Å². The Bertz CT molecular complexity index is 996. The lowest BCUT2D eigenvalue weighted by molar-refractivity contribution is -0.146. The van der Waals surface area contributed by atoms with Crippen LogP contribution in [0.2, 0.25) is 0 Å². The Morgan fingerprint density at radius 1 is 1.03 bits per heavy atom. The number of hydrogen-bond donors (Lipinski definition) is 0. The van der Waals surface area contributed by atoms with Crippen LogP contribution in [0.1, 0.15) is 5.56 Å². The van der Waals surface area contributed by atoms with E-state index in [1.54, 1.807) is 34.1 Å². The van der Waals surface area contributed by atoms with Crippen molar-refractivity contribution in [1.29, 1.82) is 0 Å². The van der Waals surface area contributed by atoms with Gasteiger partial charge in [-0.15, -0.1) is 0 Å². The number of halogens is 2. The molecular formula is C24H27F2N3O5. The number of hydrogen-bond acceptors (Lipinski definition) is 6. The number of carbonyl (C=O) groups is 2. The van der Waals surface area contributed by atoms with Crippen molar-refractivity contribution in [2.24, 2.45) is 0 Å². The van der Waals surface area contributed by atoms with Crippen molar-refractivity contribution < 1.29 is 32.6 Å². The fourth-order valence-corrected chi connectivity index (χ4v) is 4.00. The van der Waals surface area contributed by atoms with Crippen molar-refractivity contribution >= 4 is 11.8 Å². The average Bonchev–Trinajstić information content (AvgIpc) is 2.84. The average molecular weight is 475 g/mol. The largest absolute Gasteiger partial charge is 0.485 e. The number of nitrogens with zero attached hydrogens (tertiary/aromatic N) is 3. The van der Waals surface area contributed by atoms with Gasteiger partial charge in [0.1, 0.15) is 12.4 Å². The summed E-state index contributed by atoms with van der Waals surface area (Å²) in [5.74, 6) is 1.11. The topological polar surface area (TPSA) is 71.6 Å². The Labute approximate surface area is 196 Å². The fourth-order valence-electron chi connectivity index (χ4n) is 4.00. The van der Waals surface area contributed by atoms with Gasteiger partial charge in [-0.2, -0.15) is 8.78 Å². The van der Waals surface area contributed by atoms with Crippen LogP contribution in [0.5, 0.6) is 17.2 Å². The molecule has 182 valence electrons. The summed E-state index contributed by atoms with van der Waals surface area (Å²) in [6.07, 6.45) is -0.694. The van der Waals surface area contributed by atoms with Crippen LogP contribution in [0.25, 0.3) is 0 Å². The smallest absolute Gasteiger partial charge is 0.387 e. The monoisotopic (exact) mass is 475 g/mol. The summed E-state index contributed by atoms with van der Waals surface area (Å²) in [5, 5.41) is 0. The maximum Gasteiger partial charge on any atom is 0.387 e. The first-order valence-corrected chi connectivity index (χ1v) is 11.1. The number of amides is 2. The number of carbonyl (C=O) groups excluding carboxylic acids is 2. The molecule has 0 aromatic heterocycles. The van der Waals surface area contributed by atoms with Gasteiger partial charge in [0.05, 0.1) is 6.54 Å². The fraction of sp³-hybridized carbons (Fsp3) is 0.417. The molecule has 8 nitrogen and oxygen atoms in total. The van der Waals surface area contributed by atoms with Crippen molar-refractivity contribution in [2.45, 2.75) is 19.3 Å². The van der Waals surface area contributed by atoms with E-state index in [4.69, 9.17) is 9.47 Å². The zero-order chi connectivity index (χ0) is 24.1. The lowest BCUT2D eigenvalue weighted by Crippen LogP contribution is -2.56. The number of benzene rings is 2. The molecule has 1 saturated heterocycles. The van der Waals surface area contributed by atoms with E-state index < -0.39 is 12.7 Å². The second-order valence-corrected chi connectivity index (χ2v) is 8.27. The van der Waals surface area contributed by atoms with E-state index in [-0.39, 0.29) is 30.7 Å². The first kappa shape index (κ1) is 23.7. The zero-order valence-electron chi connectivity index (χ0n) is 18.9. The minimum absolute atomic E-state index is 0.0292. The summed E-state index contributed by atoms with van der Waals surface area (Å²) in [6.45, 7) is -0.246. The Morgan fingerprint density at radius 3 is 2.35 bits per heavy atom. The zero-order valence-corrected chi connectivity index (χ0v) is 18.9. The Kier molecular flexibility index (Phi) is 7.46. The van der Waals surface area contributed by atoms with E-state index in [1.807, 2.05) is 24.1 Å². The number of para-hydroxylation sites is 2. The molecule has 0 N–H and O–H groups in total. The minimum Gasteiger partial charge on any atom is -0.485 e. The van der Waals surface area contributed by atoms with E-state index in [0.717, 1.165) is 5.56 Å². The first-order valence-electron chi connectivity index (χ1n) is 11.1. The highest BCUT2D eigenvalue weighted by Crippen LogP contribution is 2.31. The predicted molar refractivity (Wildman–Crippen MR) is 119 cm³/mol. The van der Waals surface area contributed by atoms with Gasteiger partial charge in [0.2, 0.25) is 12.0 Å². The summed E-state index contributed by atoms with van der Waals surface area (Å²) in [6, 6.07) is 13.6. The molecule has 2 aliphatic rings. The van der Waals surface area contributed by atoms with Gasteiger partial charge in [0, 0.05) is 32.7 Å². The van der Waals surface area contributed by atoms with Crippen LogP contribution < -0.4 is 14.2 Å². The van der Waals surface area contributed by atoms with E-state index in [9.17, 15) is 18.4 Å². The van der Waals surface area contributed by atoms with Crippen LogP contribution in [-0.4, -0.2) is 85.6 Å². The Hall–Kier alpha value is -3.40. The molecular weight excluding hydrogens is 448 g/mol. The number of rotatable bonds is 7. The Balaban J connectivity index is 1.21. The third-order valence-corrected chi connectivity index (χ3v) is 5.73. The van der Waals surface area contributed by atoms with Gasteiger partial charge in [-0.25, -0.2) is 0 Å². The molecule has 0 radical (unpaired) electrons. The third-order valence-electron chi connectivity index (χ3n) is 5.73. The number of alkyl halides is 2. The number of likely N-dealkylation sites (N-methyl/N-ethyl adjacent to an activating group) is 1. The Morgan fingerprint density at radius 2 is 1.68 bits per heavy atom. The molecule has 1 atom stereocenters. The molecule has 1 fully saturated rings. The number of piperazine rings is 1. The number of fused-ring (bicyclic) bond motifs is 1. The summed E-state index contributed by atoms with van der Waals surface area (Å²) < 4.78 is 40.3. The van der Waals surface area contributed by atoms with Crippen LogP contribution in [0.15, 0.2) is 48.5 Å². The predicted octanol–water partition coefficient (Wildman–Crippen LogP) is 2.23. The molecule has 2 aromatic carbocycles. The van der Waals surface area contributed by atoms with E-state index >= 15 is 0 Å². The van der Waals surface area contributed by atoms with Crippen LogP contribution in [0, 0.1) is 0 Å². The van der Waals surface area contributed by atoms with Crippen molar-refractivity contribution in [3.63, 3.8) is 0 Å². The summed E-state index contributed by atoms with van der Waals surface area (Å²) >= 11 is 0. The number of ether oxygens (including phenoxy) is 3. The maximum atomic E-state index is 12.9. The van der Waals surface area contributed by atoms with Gasteiger partial charge in [0.25, 0.3) is 5.91 Å². The quantitative estimate of drug-likeness (QED) is 0.612.